The largest absolute Gasteiger partial charge is 0.354 e. The predicted octanol–water partition coefficient (Wildman–Crippen LogP) is 1.21. The summed E-state index contributed by atoms with van der Waals surface area (Å²) in [5.74, 6) is -0.0794. The maximum atomic E-state index is 12.6. The molecular weight excluding hydrogens is 280 g/mol. The van der Waals surface area contributed by atoms with Crippen LogP contribution in [-0.2, 0) is 4.79 Å². The van der Waals surface area contributed by atoms with Crippen molar-refractivity contribution in [2.45, 2.75) is 20.3 Å². The highest BCUT2D eigenvalue weighted by Crippen LogP contribution is 2.16. The molecule has 0 radical (unpaired) electrons. The quantitative estimate of drug-likeness (QED) is 0.858. The maximum Gasteiger partial charge on any atom is 0.254 e. The lowest BCUT2D eigenvalue weighted by atomic mass is 10.1. The Morgan fingerprint density at radius 2 is 1.86 bits per heavy atom. The summed E-state index contributed by atoms with van der Waals surface area (Å²) in [6.07, 6.45) is 0.345. The van der Waals surface area contributed by atoms with E-state index in [1.54, 1.807) is 17.0 Å². The minimum atomic E-state index is -0.0709. The average molecular weight is 298 g/mol. The Morgan fingerprint density at radius 1 is 1.14 bits per heavy atom. The molecule has 2 amide bonds. The number of hydrogen-bond donors (Lipinski definition) is 1. The number of hydrogen-bond acceptors (Lipinski definition) is 4. The summed E-state index contributed by atoms with van der Waals surface area (Å²) in [6.45, 7) is 5.29. The number of amides is 2. The summed E-state index contributed by atoms with van der Waals surface area (Å²) in [5.41, 5.74) is 3.84. The van der Waals surface area contributed by atoms with E-state index in [0.717, 1.165) is 22.4 Å². The third-order valence-electron chi connectivity index (χ3n) is 3.92. The number of fused-ring (bicyclic) bond motifs is 1. The molecule has 0 bridgehead atoms. The van der Waals surface area contributed by atoms with Crippen LogP contribution >= 0.6 is 0 Å². The molecule has 2 aromatic rings. The molecule has 2 heterocycles. The first kappa shape index (κ1) is 14.4. The van der Waals surface area contributed by atoms with Gasteiger partial charge in [-0.15, -0.1) is 0 Å². The summed E-state index contributed by atoms with van der Waals surface area (Å²) >= 11 is 0. The molecule has 1 saturated heterocycles. The van der Waals surface area contributed by atoms with Crippen molar-refractivity contribution in [3.05, 3.63) is 35.2 Å². The number of benzene rings is 1. The van der Waals surface area contributed by atoms with E-state index in [4.69, 9.17) is 0 Å². The number of nitrogens with zero attached hydrogens (tertiary/aromatic N) is 3. The Hall–Kier alpha value is -2.50. The Kier molecular flexibility index (Phi) is 3.75. The molecule has 1 fully saturated rings. The second kappa shape index (κ2) is 5.71. The van der Waals surface area contributed by atoms with E-state index in [2.05, 4.69) is 15.3 Å². The number of rotatable bonds is 1. The van der Waals surface area contributed by atoms with Gasteiger partial charge in [-0.1, -0.05) is 0 Å². The van der Waals surface area contributed by atoms with Crippen LogP contribution in [-0.4, -0.2) is 46.3 Å². The van der Waals surface area contributed by atoms with Crippen LogP contribution < -0.4 is 5.32 Å². The molecule has 0 unspecified atom stereocenters. The molecule has 0 aliphatic carbocycles. The topological polar surface area (TPSA) is 75.2 Å². The van der Waals surface area contributed by atoms with Gasteiger partial charge in [0, 0.05) is 31.6 Å². The van der Waals surface area contributed by atoms with Gasteiger partial charge in [0.1, 0.15) is 0 Å². The van der Waals surface area contributed by atoms with Crippen LogP contribution in [0, 0.1) is 13.8 Å². The van der Waals surface area contributed by atoms with Crippen molar-refractivity contribution in [2.75, 3.05) is 19.6 Å². The Morgan fingerprint density at radius 3 is 2.64 bits per heavy atom. The SMILES string of the molecule is Cc1nc2ccc(C(=O)N3CCNC(=O)CC3)cc2nc1C. The van der Waals surface area contributed by atoms with Crippen molar-refractivity contribution >= 4 is 22.8 Å². The van der Waals surface area contributed by atoms with Gasteiger partial charge in [0.15, 0.2) is 0 Å². The van der Waals surface area contributed by atoms with Gasteiger partial charge in [0.2, 0.25) is 5.91 Å². The minimum absolute atomic E-state index is 0.00854. The number of nitrogens with one attached hydrogen (secondary N) is 1. The van der Waals surface area contributed by atoms with Crippen molar-refractivity contribution in [2.24, 2.45) is 0 Å². The minimum Gasteiger partial charge on any atom is -0.354 e. The number of carbonyl (C=O) groups is 2. The zero-order chi connectivity index (χ0) is 15.7. The van der Waals surface area contributed by atoms with E-state index in [-0.39, 0.29) is 11.8 Å². The van der Waals surface area contributed by atoms with E-state index in [1.807, 2.05) is 19.9 Å². The summed E-state index contributed by atoms with van der Waals surface area (Å²) in [6, 6.07) is 5.37. The number of aromatic nitrogens is 2. The first-order valence-electron chi connectivity index (χ1n) is 7.35. The van der Waals surface area contributed by atoms with Gasteiger partial charge in [-0.2, -0.15) is 0 Å². The van der Waals surface area contributed by atoms with Gasteiger partial charge in [-0.05, 0) is 32.0 Å². The summed E-state index contributed by atoms with van der Waals surface area (Å²) in [4.78, 5) is 34.6. The number of carbonyl (C=O) groups excluding carboxylic acids is 2. The zero-order valence-corrected chi connectivity index (χ0v) is 12.7. The highest BCUT2D eigenvalue weighted by molar-refractivity contribution is 5.97. The van der Waals surface area contributed by atoms with Gasteiger partial charge in [0.25, 0.3) is 5.91 Å². The van der Waals surface area contributed by atoms with E-state index >= 15 is 0 Å². The van der Waals surface area contributed by atoms with Crippen LogP contribution in [0.2, 0.25) is 0 Å². The van der Waals surface area contributed by atoms with Crippen molar-refractivity contribution in [3.8, 4) is 0 Å². The van der Waals surface area contributed by atoms with Gasteiger partial charge < -0.3 is 10.2 Å². The van der Waals surface area contributed by atoms with Gasteiger partial charge in [-0.25, -0.2) is 9.97 Å². The van der Waals surface area contributed by atoms with E-state index in [9.17, 15) is 9.59 Å². The van der Waals surface area contributed by atoms with Crippen LogP contribution in [0.1, 0.15) is 28.2 Å². The molecule has 1 aromatic heterocycles. The fourth-order valence-electron chi connectivity index (χ4n) is 2.52. The summed E-state index contributed by atoms with van der Waals surface area (Å²) < 4.78 is 0. The molecule has 1 aliphatic rings. The molecule has 0 atom stereocenters. The van der Waals surface area contributed by atoms with Gasteiger partial charge in [0.05, 0.1) is 22.4 Å². The lowest BCUT2D eigenvalue weighted by molar-refractivity contribution is -0.120. The van der Waals surface area contributed by atoms with Gasteiger partial charge in [-0.3, -0.25) is 9.59 Å². The smallest absolute Gasteiger partial charge is 0.254 e. The maximum absolute atomic E-state index is 12.6. The first-order chi connectivity index (χ1) is 10.5. The molecule has 6 nitrogen and oxygen atoms in total. The Bertz CT molecular complexity index is 757. The molecule has 3 rings (SSSR count). The van der Waals surface area contributed by atoms with E-state index in [1.165, 1.54) is 0 Å². The van der Waals surface area contributed by atoms with Crippen molar-refractivity contribution < 1.29 is 9.59 Å². The van der Waals surface area contributed by atoms with Crippen molar-refractivity contribution in [1.82, 2.24) is 20.2 Å². The van der Waals surface area contributed by atoms with E-state index < -0.39 is 0 Å². The fraction of sp³-hybridized carbons (Fsp3) is 0.375. The highest BCUT2D eigenvalue weighted by Gasteiger charge is 2.20. The molecule has 0 saturated carbocycles. The second-order valence-electron chi connectivity index (χ2n) is 5.49. The molecule has 114 valence electrons. The fourth-order valence-corrected chi connectivity index (χ4v) is 2.52. The third kappa shape index (κ3) is 2.77. The normalized spacial score (nSPS) is 15.5. The molecule has 22 heavy (non-hydrogen) atoms. The molecule has 6 heteroatoms. The monoisotopic (exact) mass is 298 g/mol. The molecule has 1 aliphatic heterocycles. The molecular formula is C16H18N4O2. The van der Waals surface area contributed by atoms with Crippen LogP contribution in [0.15, 0.2) is 18.2 Å². The summed E-state index contributed by atoms with van der Waals surface area (Å²) in [5, 5.41) is 2.77. The lowest BCUT2D eigenvalue weighted by Gasteiger charge is -2.19. The van der Waals surface area contributed by atoms with E-state index in [0.29, 0.717) is 31.6 Å². The van der Waals surface area contributed by atoms with Crippen molar-refractivity contribution in [1.29, 1.82) is 0 Å². The van der Waals surface area contributed by atoms with Crippen LogP contribution in [0.5, 0.6) is 0 Å². The first-order valence-corrected chi connectivity index (χ1v) is 7.35. The standard InChI is InChI=1S/C16H18N4O2/c1-10-11(2)19-14-9-12(3-4-13(14)18-10)16(22)20-7-5-15(21)17-6-8-20/h3-4,9H,5-8H2,1-2H3,(H,17,21). The van der Waals surface area contributed by atoms with Gasteiger partial charge >= 0.3 is 0 Å². The Labute approximate surface area is 128 Å². The predicted molar refractivity (Wildman–Crippen MR) is 82.5 cm³/mol. The van der Waals surface area contributed by atoms with Crippen molar-refractivity contribution in [3.63, 3.8) is 0 Å². The number of aryl methyl sites for hydroxylation is 2. The lowest BCUT2D eigenvalue weighted by Crippen LogP contribution is -2.34. The van der Waals surface area contributed by atoms with Crippen LogP contribution in [0.25, 0.3) is 11.0 Å². The Balaban J connectivity index is 1.90. The zero-order valence-electron chi connectivity index (χ0n) is 12.7. The molecule has 1 N–H and O–H groups in total. The second-order valence-corrected chi connectivity index (χ2v) is 5.49. The summed E-state index contributed by atoms with van der Waals surface area (Å²) in [7, 11) is 0. The van der Waals surface area contributed by atoms with Crippen LogP contribution in [0.4, 0.5) is 0 Å². The third-order valence-corrected chi connectivity index (χ3v) is 3.92. The molecule has 0 spiro atoms. The molecule has 1 aromatic carbocycles. The van der Waals surface area contributed by atoms with Crippen LogP contribution in [0.3, 0.4) is 0 Å². The average Bonchev–Trinajstić information content (AvgIpc) is 2.72. The highest BCUT2D eigenvalue weighted by atomic mass is 16.2.